The van der Waals surface area contributed by atoms with Gasteiger partial charge in [0.2, 0.25) is 0 Å². The third-order valence-corrected chi connectivity index (χ3v) is 6.67. The Morgan fingerprint density at radius 1 is 1.00 bits per heavy atom. The summed E-state index contributed by atoms with van der Waals surface area (Å²) in [6, 6.07) is 18.5. The molecule has 7 heteroatoms. The fourth-order valence-electron chi connectivity index (χ4n) is 3.77. The molecule has 2 heterocycles. The van der Waals surface area contributed by atoms with Gasteiger partial charge in [0.1, 0.15) is 16.9 Å². The van der Waals surface area contributed by atoms with E-state index in [1.807, 2.05) is 48.8 Å². The highest BCUT2D eigenvalue weighted by molar-refractivity contribution is 7.99. The van der Waals surface area contributed by atoms with Crippen LogP contribution in [0.3, 0.4) is 0 Å². The van der Waals surface area contributed by atoms with Crippen molar-refractivity contribution in [2.75, 3.05) is 6.61 Å². The predicted molar refractivity (Wildman–Crippen MR) is 119 cm³/mol. The molecule has 2 aromatic carbocycles. The molecule has 2 aromatic heterocycles. The summed E-state index contributed by atoms with van der Waals surface area (Å²) >= 11 is 7.57. The van der Waals surface area contributed by atoms with E-state index in [-0.39, 0.29) is 0 Å². The van der Waals surface area contributed by atoms with Crippen LogP contribution in [0.15, 0.2) is 77.2 Å². The van der Waals surface area contributed by atoms with Gasteiger partial charge in [0.05, 0.1) is 12.9 Å². The summed E-state index contributed by atoms with van der Waals surface area (Å²) in [4.78, 5) is 14.7. The van der Waals surface area contributed by atoms with Gasteiger partial charge in [0.15, 0.2) is 5.65 Å². The van der Waals surface area contributed by atoms with E-state index in [1.54, 1.807) is 18.1 Å². The van der Waals surface area contributed by atoms with Crippen LogP contribution in [0.4, 0.5) is 0 Å². The predicted octanol–water partition coefficient (Wildman–Crippen LogP) is 5.80. The lowest BCUT2D eigenvalue weighted by atomic mass is 9.80. The van der Waals surface area contributed by atoms with Gasteiger partial charge in [0.25, 0.3) is 0 Å². The first-order chi connectivity index (χ1) is 14.8. The molecule has 30 heavy (non-hydrogen) atoms. The lowest BCUT2D eigenvalue weighted by Gasteiger charge is -2.36. The van der Waals surface area contributed by atoms with Crippen LogP contribution in [-0.2, 0) is 11.3 Å². The minimum absolute atomic E-state index is 0.420. The van der Waals surface area contributed by atoms with Gasteiger partial charge in [0, 0.05) is 22.6 Å². The Labute approximate surface area is 184 Å². The molecule has 5 nitrogen and oxygen atoms in total. The molecule has 1 aliphatic carbocycles. The van der Waals surface area contributed by atoms with Crippen molar-refractivity contribution in [3.63, 3.8) is 0 Å². The Morgan fingerprint density at radius 3 is 2.60 bits per heavy atom. The molecular weight excluding hydrogens is 416 g/mol. The number of hydrogen-bond acceptors (Lipinski definition) is 5. The Kier molecular flexibility index (Phi) is 5.71. The van der Waals surface area contributed by atoms with E-state index in [9.17, 15) is 0 Å². The first kappa shape index (κ1) is 19.5. The monoisotopic (exact) mass is 436 g/mol. The van der Waals surface area contributed by atoms with E-state index >= 15 is 0 Å². The average Bonchev–Trinajstić information content (AvgIpc) is 3.17. The van der Waals surface area contributed by atoms with E-state index in [1.165, 1.54) is 5.56 Å². The third-order valence-electron chi connectivity index (χ3n) is 5.42. The standard InChI is InChI=1S/C23H21ClN4OS/c24-18-6-8-20(9-7-18)30-23-21-22(25-14-26-23)28(15-27-21)19-10-17(11-19)13-29-12-16-4-2-1-3-5-16/h1-9,14-15,17,19H,10-13H2. The minimum atomic E-state index is 0.420. The number of hydrogen-bond donors (Lipinski definition) is 0. The molecule has 152 valence electrons. The van der Waals surface area contributed by atoms with Gasteiger partial charge >= 0.3 is 0 Å². The Hall–Kier alpha value is -2.41. The van der Waals surface area contributed by atoms with Gasteiger partial charge in [-0.3, -0.25) is 0 Å². The summed E-state index contributed by atoms with van der Waals surface area (Å²) in [5, 5.41) is 1.59. The molecule has 0 spiro atoms. The molecule has 0 radical (unpaired) electrons. The number of benzene rings is 2. The van der Waals surface area contributed by atoms with Crippen molar-refractivity contribution in [3.05, 3.63) is 77.8 Å². The first-order valence-corrected chi connectivity index (χ1v) is 11.2. The van der Waals surface area contributed by atoms with Crippen molar-refractivity contribution in [3.8, 4) is 0 Å². The Bertz CT molecular complexity index is 1130. The van der Waals surface area contributed by atoms with Crippen LogP contribution >= 0.6 is 23.4 Å². The van der Waals surface area contributed by atoms with Crippen molar-refractivity contribution in [2.45, 2.75) is 35.4 Å². The van der Waals surface area contributed by atoms with Gasteiger partial charge in [-0.15, -0.1) is 0 Å². The molecule has 0 atom stereocenters. The van der Waals surface area contributed by atoms with Crippen LogP contribution in [-0.4, -0.2) is 26.1 Å². The molecule has 1 saturated carbocycles. The van der Waals surface area contributed by atoms with Crippen molar-refractivity contribution in [1.29, 1.82) is 0 Å². The van der Waals surface area contributed by atoms with Gasteiger partial charge in [-0.2, -0.15) is 0 Å². The van der Waals surface area contributed by atoms with E-state index < -0.39 is 0 Å². The molecule has 4 aromatic rings. The second kappa shape index (κ2) is 8.76. The van der Waals surface area contributed by atoms with Crippen LogP contribution in [0.1, 0.15) is 24.4 Å². The summed E-state index contributed by atoms with van der Waals surface area (Å²) in [6.07, 6.45) is 5.70. The molecule has 1 aliphatic rings. The van der Waals surface area contributed by atoms with Crippen molar-refractivity contribution >= 4 is 34.5 Å². The molecular formula is C23H21ClN4OS. The SMILES string of the molecule is Clc1ccc(Sc2ncnc3c2ncn3C2CC(COCc3ccccc3)C2)cc1. The zero-order valence-electron chi connectivity index (χ0n) is 16.3. The van der Waals surface area contributed by atoms with Crippen LogP contribution in [0.5, 0.6) is 0 Å². The summed E-state index contributed by atoms with van der Waals surface area (Å²) in [5.41, 5.74) is 2.97. The molecule has 0 unspecified atom stereocenters. The number of ether oxygens (including phenoxy) is 1. The summed E-state index contributed by atoms with van der Waals surface area (Å²) in [5.74, 6) is 0.584. The fraction of sp³-hybridized carbons (Fsp3) is 0.261. The topological polar surface area (TPSA) is 52.8 Å². The highest BCUT2D eigenvalue weighted by Crippen LogP contribution is 2.40. The van der Waals surface area contributed by atoms with Crippen LogP contribution in [0.2, 0.25) is 5.02 Å². The number of aromatic nitrogens is 4. The quantitative estimate of drug-likeness (QED) is 0.343. The molecule has 5 rings (SSSR count). The van der Waals surface area contributed by atoms with Gasteiger partial charge in [-0.05, 0) is 48.6 Å². The van der Waals surface area contributed by atoms with Crippen molar-refractivity contribution in [2.24, 2.45) is 5.92 Å². The van der Waals surface area contributed by atoms with Crippen molar-refractivity contribution < 1.29 is 4.74 Å². The maximum absolute atomic E-state index is 5.99. The van der Waals surface area contributed by atoms with Crippen LogP contribution in [0.25, 0.3) is 11.2 Å². The number of rotatable bonds is 7. The smallest absolute Gasteiger partial charge is 0.164 e. The minimum Gasteiger partial charge on any atom is -0.376 e. The van der Waals surface area contributed by atoms with Crippen LogP contribution in [0, 0.1) is 5.92 Å². The maximum atomic E-state index is 5.99. The number of nitrogens with zero attached hydrogens (tertiary/aromatic N) is 4. The van der Waals surface area contributed by atoms with Gasteiger partial charge < -0.3 is 9.30 Å². The second-order valence-electron chi connectivity index (χ2n) is 7.55. The summed E-state index contributed by atoms with van der Waals surface area (Å²) in [7, 11) is 0. The first-order valence-electron chi connectivity index (χ1n) is 9.99. The normalized spacial score (nSPS) is 18.4. The second-order valence-corrected chi connectivity index (χ2v) is 9.05. The van der Waals surface area contributed by atoms with E-state index in [2.05, 4.69) is 31.7 Å². The molecule has 0 N–H and O–H groups in total. The Balaban J connectivity index is 1.21. The van der Waals surface area contributed by atoms with Gasteiger partial charge in [-0.25, -0.2) is 15.0 Å². The van der Waals surface area contributed by atoms with E-state index in [0.29, 0.717) is 18.6 Å². The molecule has 0 saturated heterocycles. The average molecular weight is 437 g/mol. The third kappa shape index (κ3) is 4.21. The number of imidazole rings is 1. The molecule has 0 bridgehead atoms. The maximum Gasteiger partial charge on any atom is 0.164 e. The number of fused-ring (bicyclic) bond motifs is 1. The molecule has 0 aliphatic heterocycles. The largest absolute Gasteiger partial charge is 0.376 e. The molecule has 1 fully saturated rings. The molecule has 0 amide bonds. The van der Waals surface area contributed by atoms with E-state index in [4.69, 9.17) is 16.3 Å². The zero-order chi connectivity index (χ0) is 20.3. The summed E-state index contributed by atoms with van der Waals surface area (Å²) in [6.45, 7) is 1.47. The van der Waals surface area contributed by atoms with Crippen molar-refractivity contribution in [1.82, 2.24) is 19.5 Å². The number of halogens is 1. The van der Waals surface area contributed by atoms with Gasteiger partial charge in [-0.1, -0.05) is 53.7 Å². The Morgan fingerprint density at radius 2 is 1.80 bits per heavy atom. The zero-order valence-corrected chi connectivity index (χ0v) is 17.9. The lowest BCUT2D eigenvalue weighted by molar-refractivity contribution is 0.0385. The fourth-order valence-corrected chi connectivity index (χ4v) is 4.73. The highest BCUT2D eigenvalue weighted by Gasteiger charge is 2.32. The lowest BCUT2D eigenvalue weighted by Crippen LogP contribution is -2.29. The highest BCUT2D eigenvalue weighted by atomic mass is 35.5. The summed E-state index contributed by atoms with van der Waals surface area (Å²) < 4.78 is 8.10. The van der Waals surface area contributed by atoms with E-state index in [0.717, 1.165) is 45.6 Å². The van der Waals surface area contributed by atoms with Crippen LogP contribution < -0.4 is 0 Å².